The molecule has 0 aliphatic heterocycles. The monoisotopic (exact) mass is 238 g/mol. The first-order chi connectivity index (χ1) is 8.66. The molecule has 1 N–H and O–H groups in total. The topological polar surface area (TPSA) is 37.3 Å². The maximum Gasteiger partial charge on any atom is 0.186 e. The number of ketones is 1. The van der Waals surface area contributed by atoms with E-state index in [1.807, 2.05) is 37.3 Å². The van der Waals surface area contributed by atoms with Crippen LogP contribution in [0.4, 0.5) is 0 Å². The second-order valence-electron chi connectivity index (χ2n) is 4.11. The van der Waals surface area contributed by atoms with Crippen molar-refractivity contribution in [3.05, 3.63) is 71.3 Å². The maximum absolute atomic E-state index is 12.0. The highest BCUT2D eigenvalue weighted by Crippen LogP contribution is 2.13. The van der Waals surface area contributed by atoms with Crippen LogP contribution in [0.15, 0.2) is 54.6 Å². The molecule has 2 rings (SSSR count). The van der Waals surface area contributed by atoms with E-state index in [9.17, 15) is 9.90 Å². The first-order valence-corrected chi connectivity index (χ1v) is 5.74. The summed E-state index contributed by atoms with van der Waals surface area (Å²) < 4.78 is 0. The number of hydrogen-bond donors (Lipinski definition) is 1. The third-order valence-electron chi connectivity index (χ3n) is 2.71. The number of aromatic hydroxyl groups is 1. The van der Waals surface area contributed by atoms with Gasteiger partial charge in [0.05, 0.1) is 0 Å². The Morgan fingerprint density at radius 2 is 1.89 bits per heavy atom. The molecule has 90 valence electrons. The SMILES string of the molecule is Cc1ccccc1C(=O)/C=C/c1cccc(O)c1. The van der Waals surface area contributed by atoms with Gasteiger partial charge in [0.1, 0.15) is 5.75 Å². The van der Waals surface area contributed by atoms with E-state index in [0.29, 0.717) is 5.56 Å². The lowest BCUT2D eigenvalue weighted by molar-refractivity contribution is 0.104. The van der Waals surface area contributed by atoms with E-state index in [2.05, 4.69) is 0 Å². The number of phenolic OH excluding ortho intramolecular Hbond substituents is 1. The molecule has 0 unspecified atom stereocenters. The standard InChI is InChI=1S/C16H14O2/c1-12-5-2-3-8-15(12)16(18)10-9-13-6-4-7-14(17)11-13/h2-11,17H,1H3/b10-9+. The molecular weight excluding hydrogens is 224 g/mol. The summed E-state index contributed by atoms with van der Waals surface area (Å²) in [6, 6.07) is 14.3. The molecule has 2 nitrogen and oxygen atoms in total. The smallest absolute Gasteiger partial charge is 0.186 e. The highest BCUT2D eigenvalue weighted by molar-refractivity contribution is 6.07. The molecule has 0 spiro atoms. The summed E-state index contributed by atoms with van der Waals surface area (Å²) in [7, 11) is 0. The third-order valence-corrected chi connectivity index (χ3v) is 2.71. The van der Waals surface area contributed by atoms with Gasteiger partial charge in [0.15, 0.2) is 5.78 Å². The molecule has 0 heterocycles. The van der Waals surface area contributed by atoms with Crippen LogP contribution in [0.2, 0.25) is 0 Å². The average Bonchev–Trinajstić information content (AvgIpc) is 2.37. The van der Waals surface area contributed by atoms with Crippen LogP contribution in [0.5, 0.6) is 5.75 Å². The lowest BCUT2D eigenvalue weighted by atomic mass is 10.0. The number of carbonyl (C=O) groups is 1. The molecule has 2 aromatic carbocycles. The van der Waals surface area contributed by atoms with Crippen LogP contribution in [0, 0.1) is 6.92 Å². The minimum atomic E-state index is -0.0311. The highest BCUT2D eigenvalue weighted by Gasteiger charge is 2.03. The molecule has 0 saturated heterocycles. The zero-order valence-corrected chi connectivity index (χ0v) is 10.1. The van der Waals surface area contributed by atoms with Crippen molar-refractivity contribution >= 4 is 11.9 Å². The lowest BCUT2D eigenvalue weighted by Gasteiger charge is -2.00. The van der Waals surface area contributed by atoms with E-state index in [1.54, 1.807) is 24.3 Å². The van der Waals surface area contributed by atoms with Gasteiger partial charge in [-0.15, -0.1) is 0 Å². The van der Waals surface area contributed by atoms with Gasteiger partial charge >= 0.3 is 0 Å². The summed E-state index contributed by atoms with van der Waals surface area (Å²) >= 11 is 0. The number of rotatable bonds is 3. The molecule has 0 atom stereocenters. The maximum atomic E-state index is 12.0. The minimum Gasteiger partial charge on any atom is -0.508 e. The van der Waals surface area contributed by atoms with Gasteiger partial charge < -0.3 is 5.11 Å². The molecule has 0 radical (unpaired) electrons. The Hall–Kier alpha value is -2.35. The van der Waals surface area contributed by atoms with E-state index in [0.717, 1.165) is 11.1 Å². The van der Waals surface area contributed by atoms with Crippen molar-refractivity contribution in [1.29, 1.82) is 0 Å². The zero-order chi connectivity index (χ0) is 13.0. The van der Waals surface area contributed by atoms with E-state index >= 15 is 0 Å². The second-order valence-corrected chi connectivity index (χ2v) is 4.11. The van der Waals surface area contributed by atoms with Crippen molar-refractivity contribution < 1.29 is 9.90 Å². The largest absolute Gasteiger partial charge is 0.508 e. The summed E-state index contributed by atoms with van der Waals surface area (Å²) in [6.07, 6.45) is 3.23. The van der Waals surface area contributed by atoms with Gasteiger partial charge in [0.2, 0.25) is 0 Å². The predicted molar refractivity (Wildman–Crippen MR) is 72.7 cm³/mol. The first kappa shape index (κ1) is 12.1. The minimum absolute atomic E-state index is 0.0311. The van der Waals surface area contributed by atoms with Crippen molar-refractivity contribution in [2.24, 2.45) is 0 Å². The van der Waals surface area contributed by atoms with Crippen molar-refractivity contribution in [2.75, 3.05) is 0 Å². The zero-order valence-electron chi connectivity index (χ0n) is 10.1. The van der Waals surface area contributed by atoms with Crippen LogP contribution in [-0.4, -0.2) is 10.9 Å². The number of hydrogen-bond acceptors (Lipinski definition) is 2. The van der Waals surface area contributed by atoms with Gasteiger partial charge in [-0.25, -0.2) is 0 Å². The number of phenols is 1. The van der Waals surface area contributed by atoms with Crippen LogP contribution in [-0.2, 0) is 0 Å². The quantitative estimate of drug-likeness (QED) is 0.655. The van der Waals surface area contributed by atoms with Crippen molar-refractivity contribution in [3.8, 4) is 5.75 Å². The van der Waals surface area contributed by atoms with Gasteiger partial charge in [-0.1, -0.05) is 42.5 Å². The number of carbonyl (C=O) groups excluding carboxylic acids is 1. The summed E-state index contributed by atoms with van der Waals surface area (Å²) in [5.41, 5.74) is 2.47. The molecule has 0 amide bonds. The van der Waals surface area contributed by atoms with Gasteiger partial charge in [-0.05, 0) is 36.3 Å². The summed E-state index contributed by atoms with van der Waals surface area (Å²) in [4.78, 5) is 12.0. The van der Waals surface area contributed by atoms with E-state index in [4.69, 9.17) is 0 Å². The Kier molecular flexibility index (Phi) is 3.58. The van der Waals surface area contributed by atoms with Gasteiger partial charge in [0, 0.05) is 5.56 Å². The molecule has 0 bridgehead atoms. The van der Waals surface area contributed by atoms with Crippen molar-refractivity contribution in [1.82, 2.24) is 0 Å². The molecule has 0 aliphatic rings. The Balaban J connectivity index is 2.20. The fraction of sp³-hybridized carbons (Fsp3) is 0.0625. The Morgan fingerprint density at radius 3 is 2.61 bits per heavy atom. The molecule has 0 fully saturated rings. The molecule has 2 heteroatoms. The third kappa shape index (κ3) is 2.86. The van der Waals surface area contributed by atoms with Crippen LogP contribution >= 0.6 is 0 Å². The normalized spacial score (nSPS) is 10.7. The van der Waals surface area contributed by atoms with E-state index in [-0.39, 0.29) is 11.5 Å². The van der Waals surface area contributed by atoms with E-state index < -0.39 is 0 Å². The van der Waals surface area contributed by atoms with Crippen LogP contribution in [0.1, 0.15) is 21.5 Å². The predicted octanol–water partition coefficient (Wildman–Crippen LogP) is 3.60. The summed E-state index contributed by atoms with van der Waals surface area (Å²) in [5, 5.41) is 9.32. The van der Waals surface area contributed by atoms with Crippen molar-refractivity contribution in [3.63, 3.8) is 0 Å². The van der Waals surface area contributed by atoms with Crippen LogP contribution < -0.4 is 0 Å². The molecule has 2 aromatic rings. The first-order valence-electron chi connectivity index (χ1n) is 5.74. The highest BCUT2D eigenvalue weighted by atomic mass is 16.3. The van der Waals surface area contributed by atoms with Gasteiger partial charge in [0.25, 0.3) is 0 Å². The average molecular weight is 238 g/mol. The van der Waals surface area contributed by atoms with Gasteiger partial charge in [-0.3, -0.25) is 4.79 Å². The molecule has 18 heavy (non-hydrogen) atoms. The molecule has 0 saturated carbocycles. The molecule has 0 aliphatic carbocycles. The molecular formula is C16H14O2. The van der Waals surface area contributed by atoms with E-state index in [1.165, 1.54) is 6.08 Å². The number of allylic oxidation sites excluding steroid dienone is 1. The Bertz CT molecular complexity index is 598. The van der Waals surface area contributed by atoms with Gasteiger partial charge in [-0.2, -0.15) is 0 Å². The fourth-order valence-corrected chi connectivity index (χ4v) is 1.74. The van der Waals surface area contributed by atoms with Crippen molar-refractivity contribution in [2.45, 2.75) is 6.92 Å². The number of benzene rings is 2. The lowest BCUT2D eigenvalue weighted by Crippen LogP contribution is -1.96. The van der Waals surface area contributed by atoms with Crippen LogP contribution in [0.3, 0.4) is 0 Å². The van der Waals surface area contributed by atoms with Crippen LogP contribution in [0.25, 0.3) is 6.08 Å². The fourth-order valence-electron chi connectivity index (χ4n) is 1.74. The number of aryl methyl sites for hydroxylation is 1. The molecule has 0 aromatic heterocycles. The second kappa shape index (κ2) is 5.32. The Morgan fingerprint density at radius 1 is 1.11 bits per heavy atom. The summed E-state index contributed by atoms with van der Waals surface area (Å²) in [5.74, 6) is 0.164. The Labute approximate surface area is 106 Å². The summed E-state index contributed by atoms with van der Waals surface area (Å²) in [6.45, 7) is 1.91.